The van der Waals surface area contributed by atoms with Crippen LogP contribution >= 0.6 is 11.8 Å². The van der Waals surface area contributed by atoms with E-state index in [9.17, 15) is 9.18 Å². The zero-order valence-corrected chi connectivity index (χ0v) is 18.4. The topological polar surface area (TPSA) is 86.8 Å². The van der Waals surface area contributed by atoms with Gasteiger partial charge < -0.3 is 15.2 Å². The summed E-state index contributed by atoms with van der Waals surface area (Å²) in [6.07, 6.45) is 0. The number of hydrogen-bond acceptors (Lipinski definition) is 6. The molecule has 4 rings (SSSR count). The lowest BCUT2D eigenvalue weighted by molar-refractivity contribution is -0.113. The van der Waals surface area contributed by atoms with Crippen LogP contribution in [-0.4, -0.2) is 44.9 Å². The molecular weight excluding hydrogens is 415 g/mol. The second kappa shape index (κ2) is 8.89. The Morgan fingerprint density at radius 1 is 1.16 bits per heavy atom. The monoisotopic (exact) mass is 438 g/mol. The summed E-state index contributed by atoms with van der Waals surface area (Å²) in [7, 11) is 0. The number of benzene rings is 2. The number of thioether (sulfide) groups is 1. The van der Waals surface area contributed by atoms with Gasteiger partial charge in [-0.2, -0.15) is 0 Å². The van der Waals surface area contributed by atoms with Gasteiger partial charge in [0, 0.05) is 35.4 Å². The number of halogens is 1. The molecule has 160 valence electrons. The first-order valence-corrected chi connectivity index (χ1v) is 11.1. The third-order valence-electron chi connectivity index (χ3n) is 5.10. The molecule has 0 radical (unpaired) electrons. The van der Waals surface area contributed by atoms with Crippen molar-refractivity contribution in [2.75, 3.05) is 29.1 Å². The third-order valence-corrected chi connectivity index (χ3v) is 5.94. The van der Waals surface area contributed by atoms with E-state index in [-0.39, 0.29) is 17.5 Å². The van der Waals surface area contributed by atoms with E-state index in [4.69, 9.17) is 0 Å². The number of rotatable bonds is 7. The van der Waals surface area contributed by atoms with Crippen molar-refractivity contribution in [1.29, 1.82) is 0 Å². The number of H-pyrrole nitrogens is 1. The molecule has 0 unspecified atom stereocenters. The number of amides is 1. The van der Waals surface area contributed by atoms with Gasteiger partial charge in [-0.1, -0.05) is 11.8 Å². The summed E-state index contributed by atoms with van der Waals surface area (Å²) in [5, 5.41) is 12.2. The van der Waals surface area contributed by atoms with E-state index in [1.807, 2.05) is 19.1 Å². The number of fused-ring (bicyclic) bond motifs is 3. The van der Waals surface area contributed by atoms with E-state index >= 15 is 0 Å². The second-order valence-corrected chi connectivity index (χ2v) is 8.06. The number of nitrogens with one attached hydrogen (secondary N) is 2. The van der Waals surface area contributed by atoms with Crippen LogP contribution in [0.1, 0.15) is 19.4 Å². The van der Waals surface area contributed by atoms with Crippen LogP contribution in [0.25, 0.3) is 22.1 Å². The SMILES string of the molecule is CCN(CC)c1ccc(NC(=O)CSc2nnc3c(n2)[nH]c2ccc(F)cc23)c(C)c1. The first kappa shape index (κ1) is 21.0. The van der Waals surface area contributed by atoms with Crippen molar-refractivity contribution in [3.8, 4) is 0 Å². The van der Waals surface area contributed by atoms with Crippen molar-refractivity contribution >= 4 is 51.1 Å². The van der Waals surface area contributed by atoms with Crippen LogP contribution in [0.4, 0.5) is 15.8 Å². The lowest BCUT2D eigenvalue weighted by atomic mass is 10.1. The average Bonchev–Trinajstić information content (AvgIpc) is 3.12. The predicted molar refractivity (Wildman–Crippen MR) is 123 cm³/mol. The molecule has 0 bridgehead atoms. The van der Waals surface area contributed by atoms with Crippen LogP contribution in [0.2, 0.25) is 0 Å². The number of hydrogen-bond donors (Lipinski definition) is 2. The highest BCUT2D eigenvalue weighted by Gasteiger charge is 2.13. The van der Waals surface area contributed by atoms with Crippen LogP contribution in [0, 0.1) is 12.7 Å². The van der Waals surface area contributed by atoms with Gasteiger partial charge in [-0.05, 0) is 62.7 Å². The van der Waals surface area contributed by atoms with Crippen molar-refractivity contribution in [3.05, 3.63) is 47.8 Å². The third kappa shape index (κ3) is 4.46. The Hall–Kier alpha value is -3.20. The first-order valence-electron chi connectivity index (χ1n) is 10.1. The lowest BCUT2D eigenvalue weighted by Gasteiger charge is -2.22. The number of aromatic nitrogens is 4. The van der Waals surface area contributed by atoms with Gasteiger partial charge in [-0.3, -0.25) is 4.79 Å². The molecule has 0 aliphatic rings. The Labute approximate surface area is 183 Å². The average molecular weight is 439 g/mol. The molecule has 4 aromatic rings. The van der Waals surface area contributed by atoms with Gasteiger partial charge in [0.1, 0.15) is 11.3 Å². The summed E-state index contributed by atoms with van der Waals surface area (Å²) >= 11 is 1.20. The molecule has 0 saturated heterocycles. The molecule has 0 atom stereocenters. The molecule has 7 nitrogen and oxygen atoms in total. The van der Waals surface area contributed by atoms with E-state index in [1.165, 1.54) is 23.9 Å². The summed E-state index contributed by atoms with van der Waals surface area (Å²) in [6, 6.07) is 10.4. The fourth-order valence-electron chi connectivity index (χ4n) is 3.48. The van der Waals surface area contributed by atoms with E-state index in [2.05, 4.69) is 50.3 Å². The first-order chi connectivity index (χ1) is 15.0. The quantitative estimate of drug-likeness (QED) is 0.412. The number of carbonyl (C=O) groups is 1. The van der Waals surface area contributed by atoms with E-state index in [1.54, 1.807) is 6.07 Å². The van der Waals surface area contributed by atoms with Gasteiger partial charge in [-0.25, -0.2) is 9.37 Å². The Kier molecular flexibility index (Phi) is 6.03. The summed E-state index contributed by atoms with van der Waals surface area (Å²) in [6.45, 7) is 8.08. The van der Waals surface area contributed by atoms with Gasteiger partial charge in [0.05, 0.1) is 5.75 Å². The van der Waals surface area contributed by atoms with E-state index in [0.29, 0.717) is 21.7 Å². The summed E-state index contributed by atoms with van der Waals surface area (Å²) in [4.78, 5) is 22.2. The summed E-state index contributed by atoms with van der Waals surface area (Å²) in [5.41, 5.74) is 4.69. The fraction of sp³-hybridized carbons (Fsp3) is 0.273. The molecule has 9 heteroatoms. The Balaban J connectivity index is 1.43. The van der Waals surface area contributed by atoms with Gasteiger partial charge in [0.2, 0.25) is 11.1 Å². The number of carbonyl (C=O) groups excluding carboxylic acids is 1. The Morgan fingerprint density at radius 2 is 1.97 bits per heavy atom. The summed E-state index contributed by atoms with van der Waals surface area (Å²) < 4.78 is 13.5. The molecule has 2 aromatic heterocycles. The van der Waals surface area contributed by atoms with Gasteiger partial charge >= 0.3 is 0 Å². The van der Waals surface area contributed by atoms with Crippen molar-refractivity contribution in [2.45, 2.75) is 25.9 Å². The minimum absolute atomic E-state index is 0.147. The lowest BCUT2D eigenvalue weighted by Crippen LogP contribution is -2.22. The number of nitrogens with zero attached hydrogens (tertiary/aromatic N) is 4. The van der Waals surface area contributed by atoms with Crippen LogP contribution in [0.15, 0.2) is 41.6 Å². The molecule has 0 saturated carbocycles. The minimum atomic E-state index is -0.342. The number of aromatic amines is 1. The smallest absolute Gasteiger partial charge is 0.234 e. The highest BCUT2D eigenvalue weighted by atomic mass is 32.2. The minimum Gasteiger partial charge on any atom is -0.372 e. The maximum Gasteiger partial charge on any atom is 0.234 e. The zero-order valence-electron chi connectivity index (χ0n) is 17.6. The molecule has 31 heavy (non-hydrogen) atoms. The molecule has 0 aliphatic carbocycles. The molecular formula is C22H23FN6OS. The van der Waals surface area contributed by atoms with Crippen molar-refractivity contribution in [2.24, 2.45) is 0 Å². The molecule has 0 aliphatic heterocycles. The van der Waals surface area contributed by atoms with Crippen molar-refractivity contribution in [3.63, 3.8) is 0 Å². The van der Waals surface area contributed by atoms with Gasteiger partial charge in [0.15, 0.2) is 5.65 Å². The van der Waals surface area contributed by atoms with Gasteiger partial charge in [-0.15, -0.1) is 10.2 Å². The van der Waals surface area contributed by atoms with Crippen LogP contribution in [0.3, 0.4) is 0 Å². The molecule has 0 spiro atoms. The highest BCUT2D eigenvalue weighted by Crippen LogP contribution is 2.25. The Morgan fingerprint density at radius 3 is 2.71 bits per heavy atom. The standard InChI is InChI=1S/C22H23FN6OS/c1-4-29(5-2)15-7-9-17(13(3)10-15)24-19(30)12-31-22-26-21-20(27-28-22)16-11-14(23)6-8-18(16)25-21/h6-11H,4-5,12H2,1-3H3,(H,24,30)(H,25,26,28). The predicted octanol–water partition coefficient (Wildman–Crippen LogP) is 4.53. The van der Waals surface area contributed by atoms with E-state index in [0.717, 1.165) is 35.5 Å². The largest absolute Gasteiger partial charge is 0.372 e. The maximum absolute atomic E-state index is 13.5. The van der Waals surface area contributed by atoms with Crippen LogP contribution in [0.5, 0.6) is 0 Å². The molecule has 0 fully saturated rings. The zero-order chi connectivity index (χ0) is 22.0. The fourth-order valence-corrected chi connectivity index (χ4v) is 4.07. The summed E-state index contributed by atoms with van der Waals surface area (Å²) in [5.74, 6) is -0.337. The number of aryl methyl sites for hydroxylation is 1. The molecule has 1 amide bonds. The number of anilines is 2. The van der Waals surface area contributed by atoms with Crippen molar-refractivity contribution < 1.29 is 9.18 Å². The normalized spacial score (nSPS) is 11.2. The van der Waals surface area contributed by atoms with E-state index < -0.39 is 0 Å². The van der Waals surface area contributed by atoms with Gasteiger partial charge in [0.25, 0.3) is 0 Å². The van der Waals surface area contributed by atoms with Crippen molar-refractivity contribution in [1.82, 2.24) is 20.2 Å². The van der Waals surface area contributed by atoms with Crippen LogP contribution in [-0.2, 0) is 4.79 Å². The second-order valence-electron chi connectivity index (χ2n) is 7.11. The molecule has 2 heterocycles. The Bertz CT molecular complexity index is 1250. The highest BCUT2D eigenvalue weighted by molar-refractivity contribution is 7.99. The maximum atomic E-state index is 13.5. The van der Waals surface area contributed by atoms with Crippen LogP contribution < -0.4 is 10.2 Å². The molecule has 2 N–H and O–H groups in total. The molecule has 2 aromatic carbocycles.